The third kappa shape index (κ3) is 6.36. The van der Waals surface area contributed by atoms with Gasteiger partial charge in [-0.05, 0) is 70.7 Å². The maximum atomic E-state index is 17.3. The first-order valence-corrected chi connectivity index (χ1v) is 17.6. The number of hydrogen-bond acceptors (Lipinski definition) is 11. The predicted octanol–water partition coefficient (Wildman–Crippen LogP) is 5.05. The Hall–Kier alpha value is -4.35. The summed E-state index contributed by atoms with van der Waals surface area (Å²) in [5, 5.41) is 33.6. The highest BCUT2D eigenvalue weighted by Gasteiger charge is 2.52. The Morgan fingerprint density at radius 3 is 2.69 bits per heavy atom. The van der Waals surface area contributed by atoms with Gasteiger partial charge in [0.05, 0.1) is 44.6 Å². The van der Waals surface area contributed by atoms with E-state index in [2.05, 4.69) is 27.8 Å². The molecule has 2 aliphatic heterocycles. The summed E-state index contributed by atoms with van der Waals surface area (Å²) >= 11 is 0. The average Bonchev–Trinajstić information content (AvgIpc) is 3.44. The second-order valence-corrected chi connectivity index (χ2v) is 15.5. The third-order valence-corrected chi connectivity index (χ3v) is 11.1. The Morgan fingerprint density at radius 1 is 1.17 bits per heavy atom. The van der Waals surface area contributed by atoms with E-state index in [4.69, 9.17) is 25.6 Å². The number of likely N-dealkylation sites (tertiary alicyclic amines) is 1. The number of aliphatic hydroxyl groups is 2. The summed E-state index contributed by atoms with van der Waals surface area (Å²) in [7, 11) is 3.46. The van der Waals surface area contributed by atoms with Crippen LogP contribution in [0.5, 0.6) is 17.6 Å². The van der Waals surface area contributed by atoms with Crippen molar-refractivity contribution in [2.75, 3.05) is 58.5 Å². The summed E-state index contributed by atoms with van der Waals surface area (Å²) in [5.74, 6) is 0.782. The first-order valence-electron chi connectivity index (χ1n) is 17.6. The number of piperidine rings is 1. The van der Waals surface area contributed by atoms with Crippen LogP contribution in [0.2, 0.25) is 0 Å². The van der Waals surface area contributed by atoms with E-state index in [1.807, 2.05) is 13.8 Å². The van der Waals surface area contributed by atoms with E-state index in [1.54, 1.807) is 11.8 Å². The lowest BCUT2D eigenvalue weighted by Gasteiger charge is -2.50. The SMILES string of the molecule is C#Cc1c(F)ccc2cc(O)cc(-c3nc(OC)c4c(N5CCOCC(C)(O)C5)nc(OCC56CCCC5N(C)CC(C(C)(C)O)C6)nc4c3F)c12. The minimum Gasteiger partial charge on any atom is -0.508 e. The monoisotopic (exact) mass is 717 g/mol. The number of β-amino-alcohol motifs (C(OH)–C–C–N with tert-alkyl or cyclic N) is 1. The Bertz CT molecular complexity index is 2080. The van der Waals surface area contributed by atoms with Crippen LogP contribution in [-0.4, -0.2) is 106 Å². The molecule has 276 valence electrons. The van der Waals surface area contributed by atoms with Crippen molar-refractivity contribution >= 4 is 27.5 Å². The van der Waals surface area contributed by atoms with E-state index in [1.165, 1.54) is 31.4 Å². The van der Waals surface area contributed by atoms with Gasteiger partial charge in [0.1, 0.15) is 39.6 Å². The quantitative estimate of drug-likeness (QED) is 0.222. The van der Waals surface area contributed by atoms with Gasteiger partial charge in [0.25, 0.3) is 0 Å². The summed E-state index contributed by atoms with van der Waals surface area (Å²) in [5.41, 5.74) is -2.98. The van der Waals surface area contributed by atoms with Gasteiger partial charge in [-0.25, -0.2) is 13.8 Å². The van der Waals surface area contributed by atoms with Crippen LogP contribution in [0.3, 0.4) is 0 Å². The molecule has 3 aliphatic rings. The number of aromatic nitrogens is 3. The number of phenolic OH excluding ortho intramolecular Hbond substituents is 1. The molecule has 3 fully saturated rings. The molecule has 0 bridgehead atoms. The molecule has 1 aliphatic carbocycles. The number of phenols is 1. The molecule has 13 heteroatoms. The van der Waals surface area contributed by atoms with E-state index in [9.17, 15) is 15.3 Å². The van der Waals surface area contributed by atoms with Crippen molar-refractivity contribution < 1.29 is 38.3 Å². The Morgan fingerprint density at radius 2 is 1.96 bits per heavy atom. The van der Waals surface area contributed by atoms with Crippen LogP contribution in [0.25, 0.3) is 32.9 Å². The zero-order valence-corrected chi connectivity index (χ0v) is 30.2. The van der Waals surface area contributed by atoms with E-state index in [0.717, 1.165) is 32.2 Å². The molecule has 4 aromatic rings. The lowest BCUT2D eigenvalue weighted by molar-refractivity contribution is -0.0838. The second kappa shape index (κ2) is 13.3. The van der Waals surface area contributed by atoms with E-state index in [-0.39, 0.29) is 100 Å². The minimum absolute atomic E-state index is 0.00746. The molecule has 52 heavy (non-hydrogen) atoms. The zero-order valence-electron chi connectivity index (χ0n) is 30.2. The molecule has 4 atom stereocenters. The molecule has 1 saturated carbocycles. The number of rotatable bonds is 7. The van der Waals surface area contributed by atoms with Gasteiger partial charge >= 0.3 is 6.01 Å². The van der Waals surface area contributed by atoms with Gasteiger partial charge in [0.2, 0.25) is 5.88 Å². The van der Waals surface area contributed by atoms with Crippen LogP contribution in [0.15, 0.2) is 24.3 Å². The summed E-state index contributed by atoms with van der Waals surface area (Å²) in [6.07, 6.45) is 9.36. The molecule has 0 amide bonds. The molecular formula is C39H45F2N5O6. The highest BCUT2D eigenvalue weighted by atomic mass is 19.1. The normalized spacial score (nSPS) is 25.6. The second-order valence-electron chi connectivity index (χ2n) is 15.5. The number of hydrogen-bond donors (Lipinski definition) is 3. The van der Waals surface area contributed by atoms with Crippen LogP contribution >= 0.6 is 0 Å². The number of halogens is 2. The lowest BCUT2D eigenvalue weighted by atomic mass is 9.68. The van der Waals surface area contributed by atoms with Crippen LogP contribution in [0, 0.1) is 35.3 Å². The number of aromatic hydroxyl groups is 1. The standard InChI is InChI=1S/C39H45F2N5O6/c1-7-25-27(40)11-10-22-15-24(47)16-26(29(22)25)32-31(41)33-30(35(42-32)50-6)34(46-13-14-51-20-38(4,49)19-46)44-36(43-33)52-21-39-12-8-9-28(39)45(5)18-23(17-39)37(2,3)48/h1,10-11,15-16,23,28,47-49H,8-9,12-14,17-21H2,2-6H3. The van der Waals surface area contributed by atoms with Crippen molar-refractivity contribution in [3.63, 3.8) is 0 Å². The first-order chi connectivity index (χ1) is 24.6. The highest BCUT2D eigenvalue weighted by Crippen LogP contribution is 2.51. The summed E-state index contributed by atoms with van der Waals surface area (Å²) < 4.78 is 50.2. The maximum Gasteiger partial charge on any atom is 0.319 e. The molecule has 11 nitrogen and oxygen atoms in total. The van der Waals surface area contributed by atoms with Gasteiger partial charge in [0.15, 0.2) is 5.82 Å². The van der Waals surface area contributed by atoms with Crippen LogP contribution in [0.4, 0.5) is 14.6 Å². The Balaban J connectivity index is 1.42. The van der Waals surface area contributed by atoms with Crippen molar-refractivity contribution in [1.29, 1.82) is 0 Å². The van der Waals surface area contributed by atoms with E-state index < -0.39 is 22.8 Å². The van der Waals surface area contributed by atoms with E-state index in [0.29, 0.717) is 11.9 Å². The number of nitrogens with zero attached hydrogens (tertiary/aromatic N) is 5. The molecule has 4 unspecified atom stereocenters. The molecule has 4 heterocycles. The third-order valence-electron chi connectivity index (χ3n) is 11.1. The zero-order chi connectivity index (χ0) is 37.2. The van der Waals surface area contributed by atoms with Gasteiger partial charge < -0.3 is 39.3 Å². The topological polar surface area (TPSA) is 134 Å². The number of methoxy groups -OCH3 is 1. The fraction of sp³-hybridized carbons (Fsp3) is 0.513. The molecule has 7 rings (SSSR count). The largest absolute Gasteiger partial charge is 0.508 e. The molecular weight excluding hydrogens is 672 g/mol. The van der Waals surface area contributed by atoms with E-state index >= 15 is 8.78 Å². The van der Waals surface area contributed by atoms with Crippen molar-refractivity contribution in [3.8, 4) is 41.2 Å². The smallest absolute Gasteiger partial charge is 0.319 e. The van der Waals surface area contributed by atoms with Crippen molar-refractivity contribution in [2.45, 2.75) is 63.7 Å². The molecule has 3 N–H and O–H groups in total. The number of terminal acetylenes is 1. The fourth-order valence-electron chi connectivity index (χ4n) is 8.64. The van der Waals surface area contributed by atoms with Crippen LogP contribution in [-0.2, 0) is 4.74 Å². The summed E-state index contributed by atoms with van der Waals surface area (Å²) in [4.78, 5) is 18.1. The molecule has 2 saturated heterocycles. The molecule has 2 aromatic heterocycles. The molecule has 0 spiro atoms. The molecule has 0 radical (unpaired) electrons. The fourth-order valence-corrected chi connectivity index (χ4v) is 8.64. The van der Waals surface area contributed by atoms with Crippen LogP contribution in [0.1, 0.15) is 52.0 Å². The van der Waals surface area contributed by atoms with Gasteiger partial charge in [-0.1, -0.05) is 18.4 Å². The Labute approximate surface area is 301 Å². The van der Waals surface area contributed by atoms with Crippen LogP contribution < -0.4 is 14.4 Å². The van der Waals surface area contributed by atoms with Gasteiger partial charge in [-0.3, -0.25) is 0 Å². The number of anilines is 1. The number of benzene rings is 2. The van der Waals surface area contributed by atoms with Gasteiger partial charge in [-0.15, -0.1) is 6.42 Å². The summed E-state index contributed by atoms with van der Waals surface area (Å²) in [6, 6.07) is 5.47. The Kier molecular flexibility index (Phi) is 9.18. The van der Waals surface area contributed by atoms with Crippen molar-refractivity contribution in [2.24, 2.45) is 11.3 Å². The predicted molar refractivity (Wildman–Crippen MR) is 193 cm³/mol. The molecule has 2 aromatic carbocycles. The first kappa shape index (κ1) is 36.0. The number of pyridine rings is 1. The number of fused-ring (bicyclic) bond motifs is 3. The van der Waals surface area contributed by atoms with Crippen molar-refractivity contribution in [3.05, 3.63) is 41.5 Å². The lowest BCUT2D eigenvalue weighted by Crippen LogP contribution is -2.57. The average molecular weight is 718 g/mol. The van der Waals surface area contributed by atoms with Crippen molar-refractivity contribution in [1.82, 2.24) is 19.9 Å². The summed E-state index contributed by atoms with van der Waals surface area (Å²) in [6.45, 7) is 7.07. The van der Waals surface area contributed by atoms with Gasteiger partial charge in [-0.2, -0.15) is 9.97 Å². The van der Waals surface area contributed by atoms with Gasteiger partial charge in [0, 0.05) is 41.4 Å². The maximum absolute atomic E-state index is 17.3. The highest BCUT2D eigenvalue weighted by molar-refractivity contribution is 6.04. The minimum atomic E-state index is -1.26. The number of ether oxygens (including phenoxy) is 3.